The third-order valence-corrected chi connectivity index (χ3v) is 3.39. The number of rotatable bonds is 4. The van der Waals surface area contributed by atoms with Crippen LogP contribution in [0.25, 0.3) is 16.9 Å². The fourth-order valence-electron chi connectivity index (χ4n) is 2.32. The zero-order chi connectivity index (χ0) is 16.4. The predicted octanol–water partition coefficient (Wildman–Crippen LogP) is 2.54. The van der Waals surface area contributed by atoms with E-state index in [1.807, 2.05) is 42.5 Å². The Kier molecular flexibility index (Phi) is 3.97. The van der Waals surface area contributed by atoms with Crippen molar-refractivity contribution in [2.75, 3.05) is 7.11 Å². The van der Waals surface area contributed by atoms with Crippen LogP contribution >= 0.6 is 0 Å². The van der Waals surface area contributed by atoms with Crippen molar-refractivity contribution >= 4 is 11.6 Å². The SMILES string of the molecule is COc1ccc(-c2nccn3cc(C(=O)NC(C)C)nc23)cc1. The highest BCUT2D eigenvalue weighted by Crippen LogP contribution is 2.24. The fraction of sp³-hybridized carbons (Fsp3) is 0.235. The Morgan fingerprint density at radius 3 is 2.65 bits per heavy atom. The molecule has 1 N–H and O–H groups in total. The van der Waals surface area contributed by atoms with Crippen molar-refractivity contribution in [1.82, 2.24) is 19.7 Å². The van der Waals surface area contributed by atoms with E-state index in [9.17, 15) is 4.79 Å². The summed E-state index contributed by atoms with van der Waals surface area (Å²) in [6.45, 7) is 3.83. The van der Waals surface area contributed by atoms with Crippen LogP contribution in [0.1, 0.15) is 24.3 Å². The van der Waals surface area contributed by atoms with Crippen LogP contribution in [0.15, 0.2) is 42.9 Å². The van der Waals surface area contributed by atoms with Crippen molar-refractivity contribution in [1.29, 1.82) is 0 Å². The van der Waals surface area contributed by atoms with E-state index in [-0.39, 0.29) is 11.9 Å². The van der Waals surface area contributed by atoms with Crippen LogP contribution in [0.2, 0.25) is 0 Å². The summed E-state index contributed by atoms with van der Waals surface area (Å²) < 4.78 is 6.98. The number of hydrogen-bond acceptors (Lipinski definition) is 4. The molecule has 2 aromatic heterocycles. The molecule has 0 saturated carbocycles. The molecule has 0 unspecified atom stereocenters. The van der Waals surface area contributed by atoms with Crippen molar-refractivity contribution in [2.24, 2.45) is 0 Å². The molecule has 0 saturated heterocycles. The van der Waals surface area contributed by atoms with Gasteiger partial charge in [-0.25, -0.2) is 4.98 Å². The van der Waals surface area contributed by atoms with Gasteiger partial charge < -0.3 is 14.5 Å². The molecular formula is C17H18N4O2. The summed E-state index contributed by atoms with van der Waals surface area (Å²) in [7, 11) is 1.63. The zero-order valence-electron chi connectivity index (χ0n) is 13.3. The van der Waals surface area contributed by atoms with Crippen LogP contribution in [-0.4, -0.2) is 33.4 Å². The second kappa shape index (κ2) is 6.08. The smallest absolute Gasteiger partial charge is 0.271 e. The molecule has 3 aromatic rings. The molecule has 0 radical (unpaired) electrons. The highest BCUT2D eigenvalue weighted by Gasteiger charge is 2.15. The minimum Gasteiger partial charge on any atom is -0.497 e. The number of nitrogens with one attached hydrogen (secondary N) is 1. The lowest BCUT2D eigenvalue weighted by atomic mass is 10.1. The Hall–Kier alpha value is -2.89. The molecule has 0 spiro atoms. The zero-order valence-corrected chi connectivity index (χ0v) is 13.3. The largest absolute Gasteiger partial charge is 0.497 e. The van der Waals surface area contributed by atoms with Gasteiger partial charge in [-0.15, -0.1) is 0 Å². The van der Waals surface area contributed by atoms with Crippen LogP contribution in [0, 0.1) is 0 Å². The normalized spacial score (nSPS) is 11.0. The number of carbonyl (C=O) groups excluding carboxylic acids is 1. The second-order valence-electron chi connectivity index (χ2n) is 5.49. The van der Waals surface area contributed by atoms with Crippen LogP contribution in [0.4, 0.5) is 0 Å². The third kappa shape index (κ3) is 3.01. The summed E-state index contributed by atoms with van der Waals surface area (Å²) in [5.74, 6) is 0.588. The maximum absolute atomic E-state index is 12.1. The van der Waals surface area contributed by atoms with Gasteiger partial charge >= 0.3 is 0 Å². The Balaban J connectivity index is 2.04. The standard InChI is InChI=1S/C17H18N4O2/c1-11(2)19-17(22)14-10-21-9-8-18-15(16(21)20-14)12-4-6-13(23-3)7-5-12/h4-11H,1-3H3,(H,19,22). The lowest BCUT2D eigenvalue weighted by molar-refractivity contribution is 0.0938. The number of amides is 1. The number of ether oxygens (including phenoxy) is 1. The van der Waals surface area contributed by atoms with E-state index < -0.39 is 0 Å². The van der Waals surface area contributed by atoms with Gasteiger partial charge in [-0.2, -0.15) is 0 Å². The van der Waals surface area contributed by atoms with Gasteiger partial charge in [-0.3, -0.25) is 9.78 Å². The van der Waals surface area contributed by atoms with E-state index in [0.29, 0.717) is 11.3 Å². The summed E-state index contributed by atoms with van der Waals surface area (Å²) in [4.78, 5) is 21.0. The van der Waals surface area contributed by atoms with Gasteiger partial charge in [0.05, 0.1) is 7.11 Å². The monoisotopic (exact) mass is 310 g/mol. The summed E-state index contributed by atoms with van der Waals surface area (Å²) in [5.41, 5.74) is 2.66. The molecule has 0 aliphatic heterocycles. The van der Waals surface area contributed by atoms with Gasteiger partial charge in [0, 0.05) is 30.2 Å². The number of hydrogen-bond donors (Lipinski definition) is 1. The number of nitrogens with zero attached hydrogens (tertiary/aromatic N) is 3. The Labute approximate surface area is 134 Å². The number of methoxy groups -OCH3 is 1. The summed E-state index contributed by atoms with van der Waals surface area (Å²) in [5, 5.41) is 2.84. The van der Waals surface area contributed by atoms with Crippen molar-refractivity contribution in [3.63, 3.8) is 0 Å². The van der Waals surface area contributed by atoms with Crippen molar-refractivity contribution in [3.8, 4) is 17.0 Å². The Bertz CT molecular complexity index is 837. The maximum atomic E-state index is 12.1. The van der Waals surface area contributed by atoms with Gasteiger partial charge in [0.2, 0.25) is 0 Å². The predicted molar refractivity (Wildman–Crippen MR) is 87.6 cm³/mol. The maximum Gasteiger partial charge on any atom is 0.271 e. The molecule has 0 atom stereocenters. The molecule has 2 heterocycles. The topological polar surface area (TPSA) is 68.5 Å². The van der Waals surface area contributed by atoms with Gasteiger partial charge in [0.25, 0.3) is 5.91 Å². The summed E-state index contributed by atoms with van der Waals surface area (Å²) >= 11 is 0. The van der Waals surface area contributed by atoms with Crippen LogP contribution in [0.5, 0.6) is 5.75 Å². The molecule has 1 aromatic carbocycles. The molecular weight excluding hydrogens is 292 g/mol. The lowest BCUT2D eigenvalue weighted by Gasteiger charge is -2.05. The van der Waals surface area contributed by atoms with E-state index in [1.165, 1.54) is 0 Å². The quantitative estimate of drug-likeness (QED) is 0.804. The molecule has 3 rings (SSSR count). The lowest BCUT2D eigenvalue weighted by Crippen LogP contribution is -2.30. The van der Waals surface area contributed by atoms with E-state index >= 15 is 0 Å². The molecule has 23 heavy (non-hydrogen) atoms. The van der Waals surface area contributed by atoms with Gasteiger partial charge in [0.1, 0.15) is 17.1 Å². The first-order chi connectivity index (χ1) is 11.1. The first kappa shape index (κ1) is 15.0. The fourth-order valence-corrected chi connectivity index (χ4v) is 2.32. The van der Waals surface area contributed by atoms with Gasteiger partial charge in [0.15, 0.2) is 5.65 Å². The molecule has 6 nitrogen and oxygen atoms in total. The minimum absolute atomic E-state index is 0.0616. The number of benzene rings is 1. The molecule has 118 valence electrons. The van der Waals surface area contributed by atoms with Gasteiger partial charge in [-0.05, 0) is 38.1 Å². The highest BCUT2D eigenvalue weighted by atomic mass is 16.5. The van der Waals surface area contributed by atoms with Crippen LogP contribution < -0.4 is 10.1 Å². The number of aromatic nitrogens is 3. The van der Waals surface area contributed by atoms with E-state index in [1.54, 1.807) is 25.7 Å². The molecule has 6 heteroatoms. The Morgan fingerprint density at radius 1 is 1.26 bits per heavy atom. The number of fused-ring (bicyclic) bond motifs is 1. The summed E-state index contributed by atoms with van der Waals surface area (Å²) in [6.07, 6.45) is 5.18. The highest BCUT2D eigenvalue weighted by molar-refractivity contribution is 5.93. The van der Waals surface area contributed by atoms with Crippen LogP contribution in [0.3, 0.4) is 0 Å². The molecule has 0 bridgehead atoms. The van der Waals surface area contributed by atoms with Crippen LogP contribution in [-0.2, 0) is 0 Å². The first-order valence-electron chi connectivity index (χ1n) is 7.37. The van der Waals surface area contributed by atoms with Crippen molar-refractivity contribution < 1.29 is 9.53 Å². The third-order valence-electron chi connectivity index (χ3n) is 3.39. The van der Waals surface area contributed by atoms with E-state index in [0.717, 1.165) is 17.0 Å². The molecule has 0 aliphatic rings. The van der Waals surface area contributed by atoms with E-state index in [2.05, 4.69) is 15.3 Å². The molecule has 0 aliphatic carbocycles. The van der Waals surface area contributed by atoms with Gasteiger partial charge in [-0.1, -0.05) is 0 Å². The van der Waals surface area contributed by atoms with E-state index in [4.69, 9.17) is 4.74 Å². The summed E-state index contributed by atoms with van der Waals surface area (Å²) in [6, 6.07) is 7.64. The molecule has 1 amide bonds. The Morgan fingerprint density at radius 2 is 2.00 bits per heavy atom. The molecule has 0 fully saturated rings. The average molecular weight is 310 g/mol. The van der Waals surface area contributed by atoms with Crippen molar-refractivity contribution in [2.45, 2.75) is 19.9 Å². The second-order valence-corrected chi connectivity index (χ2v) is 5.49. The minimum atomic E-state index is -0.190. The average Bonchev–Trinajstić information content (AvgIpc) is 2.98. The van der Waals surface area contributed by atoms with Crippen molar-refractivity contribution in [3.05, 3.63) is 48.5 Å². The number of carbonyl (C=O) groups is 1. The first-order valence-corrected chi connectivity index (χ1v) is 7.37. The number of imidazole rings is 1.